The number of aromatic hydroxyl groups is 1. The predicted molar refractivity (Wildman–Crippen MR) is 111 cm³/mol. The summed E-state index contributed by atoms with van der Waals surface area (Å²) in [6, 6.07) is 10.9. The van der Waals surface area contributed by atoms with Gasteiger partial charge >= 0.3 is 0 Å². The van der Waals surface area contributed by atoms with Crippen LogP contribution in [0.25, 0.3) is 0 Å². The molecule has 0 aliphatic rings. The molecule has 2 rings (SSSR count). The minimum atomic E-state index is -4.34. The second kappa shape index (κ2) is 11.1. The normalized spacial score (nSPS) is 11.5. The van der Waals surface area contributed by atoms with Gasteiger partial charge in [0, 0.05) is 11.6 Å². The highest BCUT2D eigenvalue weighted by Crippen LogP contribution is 2.32. The van der Waals surface area contributed by atoms with Crippen LogP contribution in [0.2, 0.25) is 0 Å². The molecule has 0 bridgehead atoms. The van der Waals surface area contributed by atoms with Crippen LogP contribution in [0.15, 0.2) is 47.4 Å². The van der Waals surface area contributed by atoms with E-state index in [0.29, 0.717) is 23.5 Å². The van der Waals surface area contributed by atoms with Gasteiger partial charge in [-0.15, -0.1) is 0 Å². The summed E-state index contributed by atoms with van der Waals surface area (Å²) in [7, 11) is -4.34. The fourth-order valence-electron chi connectivity index (χ4n) is 3.24. The zero-order chi connectivity index (χ0) is 20.4. The highest BCUT2D eigenvalue weighted by atomic mass is 32.2. The molecule has 0 amide bonds. The van der Waals surface area contributed by atoms with Gasteiger partial charge in [0.15, 0.2) is 0 Å². The smallest absolute Gasteiger partial charge is 0.294 e. The first-order valence-electron chi connectivity index (χ1n) is 9.98. The Balaban J connectivity index is 2.07. The van der Waals surface area contributed by atoms with E-state index in [1.54, 1.807) is 24.3 Å². The average Bonchev–Trinajstić information content (AvgIpc) is 2.64. The lowest BCUT2D eigenvalue weighted by atomic mass is 10.0. The summed E-state index contributed by atoms with van der Waals surface area (Å²) in [6.45, 7) is 2.20. The van der Waals surface area contributed by atoms with Crippen LogP contribution in [0.3, 0.4) is 0 Å². The number of rotatable bonds is 12. The van der Waals surface area contributed by atoms with Crippen LogP contribution in [-0.4, -0.2) is 18.1 Å². The molecule has 2 N–H and O–H groups in total. The lowest BCUT2D eigenvalue weighted by Gasteiger charge is -2.14. The summed E-state index contributed by atoms with van der Waals surface area (Å²) >= 11 is 0. The van der Waals surface area contributed by atoms with Gasteiger partial charge in [-0.05, 0) is 37.1 Å². The van der Waals surface area contributed by atoms with Crippen molar-refractivity contribution in [3.8, 4) is 17.2 Å². The third-order valence-corrected chi connectivity index (χ3v) is 5.63. The van der Waals surface area contributed by atoms with Crippen molar-refractivity contribution in [2.75, 3.05) is 0 Å². The summed E-state index contributed by atoms with van der Waals surface area (Å²) in [5.74, 6) is 0.849. The number of benzene rings is 2. The molecule has 0 saturated carbocycles. The van der Waals surface area contributed by atoms with E-state index in [4.69, 9.17) is 4.74 Å². The van der Waals surface area contributed by atoms with Gasteiger partial charge in [0.1, 0.15) is 22.1 Å². The Labute approximate surface area is 168 Å². The van der Waals surface area contributed by atoms with Crippen molar-refractivity contribution in [2.45, 2.75) is 69.6 Å². The molecule has 0 aliphatic carbocycles. The van der Waals surface area contributed by atoms with Gasteiger partial charge in [-0.1, -0.05) is 64.0 Å². The zero-order valence-corrected chi connectivity index (χ0v) is 17.2. The van der Waals surface area contributed by atoms with E-state index in [1.807, 2.05) is 0 Å². The van der Waals surface area contributed by atoms with Gasteiger partial charge in [0.05, 0.1) is 0 Å². The second-order valence-corrected chi connectivity index (χ2v) is 8.42. The first-order valence-corrected chi connectivity index (χ1v) is 11.4. The topological polar surface area (TPSA) is 83.8 Å². The Hall–Kier alpha value is -2.05. The quantitative estimate of drug-likeness (QED) is 0.328. The molecule has 0 aliphatic heterocycles. The molecule has 0 saturated heterocycles. The lowest BCUT2D eigenvalue weighted by molar-refractivity contribution is 0.447. The van der Waals surface area contributed by atoms with E-state index in [0.717, 1.165) is 19.3 Å². The van der Waals surface area contributed by atoms with Crippen molar-refractivity contribution in [3.63, 3.8) is 0 Å². The summed E-state index contributed by atoms with van der Waals surface area (Å²) < 4.78 is 39.0. The molecule has 0 atom stereocenters. The maximum Gasteiger partial charge on any atom is 0.294 e. The molecule has 0 radical (unpaired) electrons. The summed E-state index contributed by atoms with van der Waals surface area (Å²) in [4.78, 5) is -0.118. The Kier molecular flexibility index (Phi) is 8.80. The molecule has 2 aromatic carbocycles. The molecule has 2 aromatic rings. The van der Waals surface area contributed by atoms with Crippen molar-refractivity contribution in [2.24, 2.45) is 0 Å². The molecule has 5 nitrogen and oxygen atoms in total. The van der Waals surface area contributed by atoms with E-state index in [2.05, 4.69) is 6.92 Å². The molecule has 154 valence electrons. The van der Waals surface area contributed by atoms with Crippen LogP contribution in [0.5, 0.6) is 17.2 Å². The van der Waals surface area contributed by atoms with Crippen molar-refractivity contribution >= 4 is 10.1 Å². The van der Waals surface area contributed by atoms with Crippen LogP contribution < -0.4 is 4.74 Å². The molecule has 28 heavy (non-hydrogen) atoms. The summed E-state index contributed by atoms with van der Waals surface area (Å²) in [5.41, 5.74) is 0.472. The van der Waals surface area contributed by atoms with E-state index < -0.39 is 10.1 Å². The van der Waals surface area contributed by atoms with Crippen molar-refractivity contribution in [1.29, 1.82) is 0 Å². The molecule has 6 heteroatoms. The number of phenolic OH excluding ortho intramolecular Hbond substituents is 1. The number of unbranched alkanes of at least 4 members (excludes halogenated alkanes) is 7. The third kappa shape index (κ3) is 7.17. The largest absolute Gasteiger partial charge is 0.508 e. The zero-order valence-electron chi connectivity index (χ0n) is 16.4. The lowest BCUT2D eigenvalue weighted by Crippen LogP contribution is -2.05. The molecular weight excluding hydrogens is 376 g/mol. The summed E-state index contributed by atoms with van der Waals surface area (Å²) in [6.07, 6.45) is 9.62. The molecular formula is C22H30O5S. The maximum atomic E-state index is 11.8. The van der Waals surface area contributed by atoms with Crippen LogP contribution in [0, 0.1) is 0 Å². The number of hydrogen-bond donors (Lipinski definition) is 2. The van der Waals surface area contributed by atoms with Crippen LogP contribution in [0.4, 0.5) is 0 Å². The summed E-state index contributed by atoms with van der Waals surface area (Å²) in [5, 5.41) is 9.61. The highest BCUT2D eigenvalue weighted by Gasteiger charge is 2.19. The van der Waals surface area contributed by atoms with Crippen LogP contribution >= 0.6 is 0 Å². The van der Waals surface area contributed by atoms with E-state index in [9.17, 15) is 18.1 Å². The van der Waals surface area contributed by atoms with Crippen molar-refractivity contribution in [3.05, 3.63) is 48.0 Å². The van der Waals surface area contributed by atoms with Gasteiger partial charge in [-0.25, -0.2) is 0 Å². The number of phenols is 1. The average molecular weight is 407 g/mol. The Morgan fingerprint density at radius 2 is 1.54 bits per heavy atom. The molecule has 0 spiro atoms. The Morgan fingerprint density at radius 1 is 0.893 bits per heavy atom. The minimum Gasteiger partial charge on any atom is -0.508 e. The first-order chi connectivity index (χ1) is 13.4. The number of hydrogen-bond acceptors (Lipinski definition) is 4. The van der Waals surface area contributed by atoms with Gasteiger partial charge in [-0.2, -0.15) is 8.42 Å². The van der Waals surface area contributed by atoms with Crippen molar-refractivity contribution in [1.82, 2.24) is 0 Å². The molecule has 0 aromatic heterocycles. The fourth-order valence-corrected chi connectivity index (χ4v) is 4.00. The monoisotopic (exact) mass is 406 g/mol. The number of ether oxygens (including phenoxy) is 1. The van der Waals surface area contributed by atoms with E-state index >= 15 is 0 Å². The van der Waals surface area contributed by atoms with Gasteiger partial charge in [-0.3, -0.25) is 4.55 Å². The van der Waals surface area contributed by atoms with Gasteiger partial charge in [0.2, 0.25) is 0 Å². The molecule has 0 unspecified atom stereocenters. The molecule has 0 heterocycles. The Bertz CT molecular complexity index is 846. The standard InChI is InChI=1S/C22H30O5S/c1-2-3-4-5-6-7-8-9-14-20-21(15-11-16-22(20)28(24,25)26)27-19-13-10-12-18(23)17-19/h10-13,15-17,23H,2-9,14H2,1H3,(H,24,25,26). The second-order valence-electron chi connectivity index (χ2n) is 7.03. The predicted octanol–water partition coefficient (Wildman–Crippen LogP) is 6.11. The van der Waals surface area contributed by atoms with Crippen molar-refractivity contribution < 1.29 is 22.8 Å². The highest BCUT2D eigenvalue weighted by molar-refractivity contribution is 7.85. The molecule has 0 fully saturated rings. The van der Waals surface area contributed by atoms with Crippen LogP contribution in [-0.2, 0) is 16.5 Å². The minimum absolute atomic E-state index is 0.0630. The van der Waals surface area contributed by atoms with Gasteiger partial charge < -0.3 is 9.84 Å². The van der Waals surface area contributed by atoms with Crippen LogP contribution in [0.1, 0.15) is 63.9 Å². The SMILES string of the molecule is CCCCCCCCCCc1c(Oc2cccc(O)c2)cccc1S(=O)(=O)O. The Morgan fingerprint density at radius 3 is 2.18 bits per heavy atom. The maximum absolute atomic E-state index is 11.8. The first kappa shape index (κ1) is 22.2. The fraction of sp³-hybridized carbons (Fsp3) is 0.455. The third-order valence-electron chi connectivity index (χ3n) is 4.69. The van der Waals surface area contributed by atoms with Gasteiger partial charge in [0.25, 0.3) is 10.1 Å². The van der Waals surface area contributed by atoms with E-state index in [1.165, 1.54) is 50.3 Å². The van der Waals surface area contributed by atoms with E-state index in [-0.39, 0.29) is 10.6 Å².